The molecule has 0 fully saturated rings. The van der Waals surface area contributed by atoms with Crippen molar-refractivity contribution in [1.29, 1.82) is 0 Å². The first-order valence-corrected chi connectivity index (χ1v) is 11.5. The third-order valence-corrected chi connectivity index (χ3v) is 7.00. The highest BCUT2D eigenvalue weighted by atomic mass is 19.4. The van der Waals surface area contributed by atoms with E-state index in [2.05, 4.69) is 10.4 Å². The maximum atomic E-state index is 14.6. The van der Waals surface area contributed by atoms with E-state index in [9.17, 15) is 27.1 Å². The molecule has 4 aromatic rings. The molecule has 5 rings (SSSR count). The van der Waals surface area contributed by atoms with Crippen LogP contribution in [0.4, 0.5) is 27.6 Å². The van der Waals surface area contributed by atoms with E-state index in [0.29, 0.717) is 16.6 Å². The summed E-state index contributed by atoms with van der Waals surface area (Å²) in [6.07, 6.45) is -4.25. The van der Waals surface area contributed by atoms with E-state index in [4.69, 9.17) is 4.74 Å². The van der Waals surface area contributed by atoms with Crippen molar-refractivity contribution >= 4 is 16.6 Å². The number of fused-ring (bicyclic) bond motifs is 2. The lowest BCUT2D eigenvalue weighted by molar-refractivity contribution is -0.275. The van der Waals surface area contributed by atoms with Crippen molar-refractivity contribution in [2.75, 3.05) is 12.4 Å². The summed E-state index contributed by atoms with van der Waals surface area (Å²) in [5.74, 6) is -1.27. The normalized spacial score (nSPS) is 21.1. The second kappa shape index (κ2) is 8.44. The smallest absolute Gasteiger partial charge is 0.419 e. The van der Waals surface area contributed by atoms with Crippen molar-refractivity contribution < 1.29 is 31.8 Å². The number of ether oxygens (including phenoxy) is 1. The van der Waals surface area contributed by atoms with E-state index in [-0.39, 0.29) is 22.6 Å². The van der Waals surface area contributed by atoms with Gasteiger partial charge >= 0.3 is 6.18 Å². The summed E-state index contributed by atoms with van der Waals surface area (Å²) < 4.78 is 78.3. The molecule has 1 aromatic heterocycles. The number of benzene rings is 3. The fourth-order valence-electron chi connectivity index (χ4n) is 5.41. The van der Waals surface area contributed by atoms with Gasteiger partial charge in [0.15, 0.2) is 17.2 Å². The SMILES string of the molecule is COc1c(F)ccc2c1C(C)(C)CC(O)(C(F)(F)F)C2Nc1cccc2c1cnn2-c1ccc(F)cc1. The highest BCUT2D eigenvalue weighted by Gasteiger charge is 2.64. The molecular formula is C27H24F5N3O2. The molecule has 37 heavy (non-hydrogen) atoms. The quantitative estimate of drug-likeness (QED) is 0.306. The third kappa shape index (κ3) is 3.90. The van der Waals surface area contributed by atoms with Crippen LogP contribution in [0.5, 0.6) is 5.75 Å². The second-order valence-corrected chi connectivity index (χ2v) is 9.88. The Morgan fingerprint density at radius 2 is 1.76 bits per heavy atom. The van der Waals surface area contributed by atoms with Crippen LogP contribution in [0.2, 0.25) is 0 Å². The number of nitrogens with zero attached hydrogens (tertiary/aromatic N) is 2. The van der Waals surface area contributed by atoms with Crippen molar-refractivity contribution in [2.24, 2.45) is 0 Å². The predicted octanol–water partition coefficient (Wildman–Crippen LogP) is 6.44. The second-order valence-electron chi connectivity index (χ2n) is 9.88. The third-order valence-electron chi connectivity index (χ3n) is 7.00. The lowest BCUT2D eigenvalue weighted by atomic mass is 9.63. The van der Waals surface area contributed by atoms with E-state index < -0.39 is 41.3 Å². The fraction of sp³-hybridized carbons (Fsp3) is 0.296. The zero-order valence-corrected chi connectivity index (χ0v) is 20.2. The maximum Gasteiger partial charge on any atom is 0.419 e. The van der Waals surface area contributed by atoms with Gasteiger partial charge in [-0.15, -0.1) is 0 Å². The first-order valence-electron chi connectivity index (χ1n) is 11.5. The Balaban J connectivity index is 1.68. The Hall–Kier alpha value is -3.66. The van der Waals surface area contributed by atoms with E-state index in [1.165, 1.54) is 62.2 Å². The van der Waals surface area contributed by atoms with Crippen molar-refractivity contribution in [3.05, 3.63) is 83.6 Å². The molecule has 2 unspecified atom stereocenters. The van der Waals surface area contributed by atoms with Crippen molar-refractivity contribution in [3.63, 3.8) is 0 Å². The summed E-state index contributed by atoms with van der Waals surface area (Å²) in [5.41, 5.74) is -2.70. The molecule has 1 aliphatic carbocycles. The average Bonchev–Trinajstić information content (AvgIpc) is 3.26. The Morgan fingerprint density at radius 3 is 2.41 bits per heavy atom. The maximum absolute atomic E-state index is 14.6. The van der Waals surface area contributed by atoms with Crippen LogP contribution in [-0.2, 0) is 5.41 Å². The molecule has 0 amide bonds. The molecular weight excluding hydrogens is 493 g/mol. The number of anilines is 1. The van der Waals surface area contributed by atoms with Crippen LogP contribution >= 0.6 is 0 Å². The van der Waals surface area contributed by atoms with Gasteiger partial charge in [0.25, 0.3) is 0 Å². The monoisotopic (exact) mass is 517 g/mol. The molecule has 0 bridgehead atoms. The van der Waals surface area contributed by atoms with E-state index in [1.54, 1.807) is 18.2 Å². The zero-order chi connectivity index (χ0) is 26.8. The van der Waals surface area contributed by atoms with Gasteiger partial charge < -0.3 is 15.2 Å². The fourth-order valence-corrected chi connectivity index (χ4v) is 5.41. The molecule has 1 aliphatic rings. The number of aromatic nitrogens is 2. The summed E-state index contributed by atoms with van der Waals surface area (Å²) in [6.45, 7) is 3.04. The summed E-state index contributed by atoms with van der Waals surface area (Å²) >= 11 is 0. The molecule has 0 saturated carbocycles. The molecule has 2 N–H and O–H groups in total. The minimum Gasteiger partial charge on any atom is -0.493 e. The van der Waals surface area contributed by atoms with E-state index in [1.807, 2.05) is 0 Å². The summed E-state index contributed by atoms with van der Waals surface area (Å²) in [5, 5.41) is 19.0. The first-order chi connectivity index (χ1) is 17.4. The molecule has 194 valence electrons. The molecule has 0 radical (unpaired) electrons. The van der Waals surface area contributed by atoms with Crippen LogP contribution in [0.1, 0.15) is 37.4 Å². The highest BCUT2D eigenvalue weighted by molar-refractivity contribution is 5.92. The van der Waals surface area contributed by atoms with Gasteiger partial charge in [0.2, 0.25) is 0 Å². The van der Waals surface area contributed by atoms with E-state index in [0.717, 1.165) is 6.07 Å². The minimum atomic E-state index is -5.01. The largest absolute Gasteiger partial charge is 0.493 e. The summed E-state index contributed by atoms with van der Waals surface area (Å²) in [4.78, 5) is 0. The number of alkyl halides is 3. The summed E-state index contributed by atoms with van der Waals surface area (Å²) in [7, 11) is 1.26. The van der Waals surface area contributed by atoms with Crippen LogP contribution in [-0.4, -0.2) is 33.8 Å². The number of rotatable bonds is 4. The van der Waals surface area contributed by atoms with Gasteiger partial charge in [-0.25, -0.2) is 13.5 Å². The number of methoxy groups -OCH3 is 1. The van der Waals surface area contributed by atoms with Gasteiger partial charge in [0.1, 0.15) is 5.82 Å². The Labute approximate surface area is 209 Å². The van der Waals surface area contributed by atoms with Gasteiger partial charge in [-0.05, 0) is 59.9 Å². The molecule has 5 nitrogen and oxygen atoms in total. The Morgan fingerprint density at radius 1 is 1.05 bits per heavy atom. The standard InChI is InChI=1S/C27H24F5N3O2/c1-25(2)14-26(36,27(30,31)32)24(17-11-12-19(29)23(37-3)22(17)25)34-20-5-4-6-21-18(20)13-33-35(21)16-9-7-15(28)8-10-16/h4-13,24,34,36H,14H2,1-3H3. The number of halogens is 5. The molecule has 0 saturated heterocycles. The van der Waals surface area contributed by atoms with Crippen LogP contribution in [0.25, 0.3) is 16.6 Å². The first kappa shape index (κ1) is 25.0. The van der Waals surface area contributed by atoms with Gasteiger partial charge in [0.05, 0.1) is 30.6 Å². The number of hydrogen-bond acceptors (Lipinski definition) is 4. The van der Waals surface area contributed by atoms with E-state index >= 15 is 0 Å². The molecule has 1 heterocycles. The van der Waals surface area contributed by atoms with Crippen LogP contribution in [0.3, 0.4) is 0 Å². The van der Waals surface area contributed by atoms with Gasteiger partial charge in [-0.2, -0.15) is 18.3 Å². The average molecular weight is 517 g/mol. The van der Waals surface area contributed by atoms with Gasteiger partial charge in [-0.3, -0.25) is 0 Å². The lowest BCUT2D eigenvalue weighted by Crippen LogP contribution is -2.58. The van der Waals surface area contributed by atoms with Crippen LogP contribution < -0.4 is 10.1 Å². The number of aliphatic hydroxyl groups is 1. The van der Waals surface area contributed by atoms with Crippen LogP contribution in [0.15, 0.2) is 60.8 Å². The zero-order valence-electron chi connectivity index (χ0n) is 20.2. The molecule has 2 atom stereocenters. The Bertz CT molecular complexity index is 1480. The topological polar surface area (TPSA) is 59.3 Å². The highest BCUT2D eigenvalue weighted by Crippen LogP contribution is 2.56. The number of nitrogens with one attached hydrogen (secondary N) is 1. The van der Waals surface area contributed by atoms with Gasteiger partial charge in [0, 0.05) is 16.6 Å². The molecule has 10 heteroatoms. The summed E-state index contributed by atoms with van der Waals surface area (Å²) in [6, 6.07) is 11.2. The van der Waals surface area contributed by atoms with Crippen molar-refractivity contribution in [3.8, 4) is 11.4 Å². The van der Waals surface area contributed by atoms with Crippen molar-refractivity contribution in [1.82, 2.24) is 9.78 Å². The molecule has 0 spiro atoms. The van der Waals surface area contributed by atoms with Crippen LogP contribution in [0, 0.1) is 11.6 Å². The molecule has 0 aliphatic heterocycles. The van der Waals surface area contributed by atoms with Crippen molar-refractivity contribution in [2.45, 2.75) is 43.5 Å². The minimum absolute atomic E-state index is 0.0808. The Kier molecular flexibility index (Phi) is 5.71. The predicted molar refractivity (Wildman–Crippen MR) is 129 cm³/mol. The number of hydrogen-bond donors (Lipinski definition) is 2. The lowest BCUT2D eigenvalue weighted by Gasteiger charge is -2.49. The molecule has 3 aromatic carbocycles. The van der Waals surface area contributed by atoms with Gasteiger partial charge in [-0.1, -0.05) is 26.0 Å².